The van der Waals surface area contributed by atoms with Gasteiger partial charge >= 0.3 is 0 Å². The van der Waals surface area contributed by atoms with Gasteiger partial charge in [0.2, 0.25) is 0 Å². The van der Waals surface area contributed by atoms with Crippen LogP contribution in [0.1, 0.15) is 44.7 Å². The summed E-state index contributed by atoms with van der Waals surface area (Å²) in [6, 6.07) is 2.10. The number of benzene rings is 1. The Balaban J connectivity index is 2.24. The van der Waals surface area contributed by atoms with Crippen LogP contribution in [0.3, 0.4) is 0 Å². The van der Waals surface area contributed by atoms with E-state index < -0.39 is 17.5 Å². The van der Waals surface area contributed by atoms with E-state index in [0.717, 1.165) is 31.4 Å². The predicted octanol–water partition coefficient (Wildman–Crippen LogP) is 4.44. The van der Waals surface area contributed by atoms with E-state index in [2.05, 4.69) is 19.2 Å². The second-order valence-electron chi connectivity index (χ2n) is 6.09. The second-order valence-corrected chi connectivity index (χ2v) is 6.09. The maximum atomic E-state index is 13.4. The largest absolute Gasteiger partial charge is 0.313 e. The summed E-state index contributed by atoms with van der Waals surface area (Å²) in [5.41, 5.74) is 0.496. The van der Waals surface area contributed by atoms with Crippen LogP contribution in [0.15, 0.2) is 12.1 Å². The fourth-order valence-corrected chi connectivity index (χ4v) is 3.32. The molecule has 0 bridgehead atoms. The van der Waals surface area contributed by atoms with Crippen LogP contribution in [0.4, 0.5) is 13.2 Å². The van der Waals surface area contributed by atoms with Crippen molar-refractivity contribution in [3.8, 4) is 0 Å². The summed E-state index contributed by atoms with van der Waals surface area (Å²) < 4.78 is 39.9. The summed E-state index contributed by atoms with van der Waals surface area (Å²) in [7, 11) is 1.78. The zero-order chi connectivity index (χ0) is 14.9. The van der Waals surface area contributed by atoms with E-state index in [4.69, 9.17) is 0 Å². The Labute approximate surface area is 118 Å². The highest BCUT2D eigenvalue weighted by molar-refractivity contribution is 5.23. The molecule has 0 amide bonds. The van der Waals surface area contributed by atoms with E-state index in [1.54, 1.807) is 7.05 Å². The van der Waals surface area contributed by atoms with Gasteiger partial charge in [-0.3, -0.25) is 0 Å². The minimum absolute atomic E-state index is 0.130. The van der Waals surface area contributed by atoms with Crippen LogP contribution in [0, 0.1) is 35.2 Å². The summed E-state index contributed by atoms with van der Waals surface area (Å²) in [5.74, 6) is -2.01. The number of rotatable bonds is 3. The fraction of sp³-hybridized carbons (Fsp3) is 0.625. The standard InChI is InChI=1S/C16H22F3N/c1-9-4-5-11(6-10(9)2)16(20-3)12-7-13(17)15(19)14(18)8-12/h7-11,16,20H,4-6H2,1-3H3. The Hall–Kier alpha value is -1.03. The minimum atomic E-state index is -1.39. The zero-order valence-electron chi connectivity index (χ0n) is 12.2. The van der Waals surface area contributed by atoms with E-state index >= 15 is 0 Å². The van der Waals surface area contributed by atoms with Gasteiger partial charge < -0.3 is 5.32 Å². The van der Waals surface area contributed by atoms with Gasteiger partial charge in [-0.05, 0) is 55.3 Å². The summed E-state index contributed by atoms with van der Waals surface area (Å²) in [5, 5.41) is 3.14. The maximum absolute atomic E-state index is 13.4. The molecule has 0 spiro atoms. The maximum Gasteiger partial charge on any atom is 0.194 e. The molecule has 0 radical (unpaired) electrons. The molecule has 4 heteroatoms. The summed E-state index contributed by atoms with van der Waals surface area (Å²) in [6.07, 6.45) is 3.17. The molecule has 1 aliphatic carbocycles. The average molecular weight is 285 g/mol. The molecule has 0 aliphatic heterocycles. The van der Waals surface area contributed by atoms with Gasteiger partial charge in [0.05, 0.1) is 0 Å². The second kappa shape index (κ2) is 6.17. The fourth-order valence-electron chi connectivity index (χ4n) is 3.32. The number of hydrogen-bond acceptors (Lipinski definition) is 1. The van der Waals surface area contributed by atoms with Gasteiger partial charge in [0.1, 0.15) is 0 Å². The highest BCUT2D eigenvalue weighted by atomic mass is 19.2. The Morgan fingerprint density at radius 2 is 1.65 bits per heavy atom. The molecule has 4 atom stereocenters. The first kappa shape index (κ1) is 15.4. The van der Waals surface area contributed by atoms with E-state index in [0.29, 0.717) is 23.3 Å². The van der Waals surface area contributed by atoms with E-state index in [-0.39, 0.29) is 6.04 Å². The normalized spacial score (nSPS) is 28.4. The molecule has 1 saturated carbocycles. The lowest BCUT2D eigenvalue weighted by atomic mass is 9.72. The van der Waals surface area contributed by atoms with Crippen molar-refractivity contribution in [2.24, 2.45) is 17.8 Å². The Morgan fingerprint density at radius 1 is 1.05 bits per heavy atom. The van der Waals surface area contributed by atoms with Crippen molar-refractivity contribution in [3.63, 3.8) is 0 Å². The Bertz CT molecular complexity index is 452. The van der Waals surface area contributed by atoms with Crippen molar-refractivity contribution in [2.45, 2.75) is 39.2 Å². The van der Waals surface area contributed by atoms with Crippen molar-refractivity contribution in [1.29, 1.82) is 0 Å². The van der Waals surface area contributed by atoms with Crippen LogP contribution in [-0.2, 0) is 0 Å². The van der Waals surface area contributed by atoms with Crippen molar-refractivity contribution in [3.05, 3.63) is 35.1 Å². The molecule has 1 aliphatic rings. The molecule has 1 N–H and O–H groups in total. The summed E-state index contributed by atoms with van der Waals surface area (Å²) in [6.45, 7) is 4.46. The first-order chi connectivity index (χ1) is 9.43. The minimum Gasteiger partial charge on any atom is -0.313 e. The molecular weight excluding hydrogens is 263 g/mol. The molecule has 1 nitrogen and oxygen atoms in total. The van der Waals surface area contributed by atoms with Crippen LogP contribution >= 0.6 is 0 Å². The molecule has 0 aromatic heterocycles. The van der Waals surface area contributed by atoms with Crippen molar-refractivity contribution in [1.82, 2.24) is 5.32 Å². The van der Waals surface area contributed by atoms with Crippen LogP contribution < -0.4 is 5.32 Å². The van der Waals surface area contributed by atoms with Gasteiger partial charge in [-0.25, -0.2) is 13.2 Å². The van der Waals surface area contributed by atoms with Crippen LogP contribution in [0.25, 0.3) is 0 Å². The Morgan fingerprint density at radius 3 is 2.15 bits per heavy atom. The van der Waals surface area contributed by atoms with E-state index in [1.165, 1.54) is 0 Å². The highest BCUT2D eigenvalue weighted by Crippen LogP contribution is 2.40. The molecule has 112 valence electrons. The molecule has 1 aromatic carbocycles. The molecule has 1 fully saturated rings. The van der Waals surface area contributed by atoms with Crippen LogP contribution in [-0.4, -0.2) is 7.05 Å². The third-order valence-corrected chi connectivity index (χ3v) is 4.79. The van der Waals surface area contributed by atoms with Gasteiger partial charge in [-0.1, -0.05) is 20.3 Å². The lowest BCUT2D eigenvalue weighted by molar-refractivity contribution is 0.174. The van der Waals surface area contributed by atoms with Gasteiger partial charge in [-0.15, -0.1) is 0 Å². The number of halogens is 3. The number of hydrogen-bond donors (Lipinski definition) is 1. The van der Waals surface area contributed by atoms with Crippen molar-refractivity contribution in [2.75, 3.05) is 7.05 Å². The molecule has 0 saturated heterocycles. The van der Waals surface area contributed by atoms with Crippen LogP contribution in [0.2, 0.25) is 0 Å². The first-order valence-electron chi connectivity index (χ1n) is 7.25. The molecular formula is C16H22F3N. The average Bonchev–Trinajstić information content (AvgIpc) is 2.41. The van der Waals surface area contributed by atoms with E-state index in [9.17, 15) is 13.2 Å². The summed E-state index contributed by atoms with van der Waals surface area (Å²) in [4.78, 5) is 0. The first-order valence-corrected chi connectivity index (χ1v) is 7.25. The SMILES string of the molecule is CNC(c1cc(F)c(F)c(F)c1)C1CCC(C)C(C)C1. The monoisotopic (exact) mass is 285 g/mol. The van der Waals surface area contributed by atoms with E-state index in [1.807, 2.05) is 0 Å². The van der Waals surface area contributed by atoms with Crippen LogP contribution in [0.5, 0.6) is 0 Å². The topological polar surface area (TPSA) is 12.0 Å². The molecule has 2 rings (SSSR count). The quantitative estimate of drug-likeness (QED) is 0.810. The molecule has 20 heavy (non-hydrogen) atoms. The molecule has 1 aromatic rings. The third-order valence-electron chi connectivity index (χ3n) is 4.79. The zero-order valence-corrected chi connectivity index (χ0v) is 12.2. The van der Waals surface area contributed by atoms with Gasteiger partial charge in [0, 0.05) is 6.04 Å². The molecule has 4 unspecified atom stereocenters. The lowest BCUT2D eigenvalue weighted by Gasteiger charge is -2.37. The lowest BCUT2D eigenvalue weighted by Crippen LogP contribution is -2.31. The van der Waals surface area contributed by atoms with Gasteiger partial charge in [0.25, 0.3) is 0 Å². The third kappa shape index (κ3) is 3.00. The molecule has 0 heterocycles. The summed E-state index contributed by atoms with van der Waals surface area (Å²) >= 11 is 0. The Kier molecular flexibility index (Phi) is 4.74. The van der Waals surface area contributed by atoms with Gasteiger partial charge in [-0.2, -0.15) is 0 Å². The number of nitrogens with one attached hydrogen (secondary N) is 1. The predicted molar refractivity (Wildman–Crippen MR) is 73.8 cm³/mol. The highest BCUT2D eigenvalue weighted by Gasteiger charge is 2.31. The van der Waals surface area contributed by atoms with Crippen molar-refractivity contribution < 1.29 is 13.2 Å². The van der Waals surface area contributed by atoms with Crippen molar-refractivity contribution >= 4 is 0 Å². The van der Waals surface area contributed by atoms with Gasteiger partial charge in [0.15, 0.2) is 17.5 Å². The smallest absolute Gasteiger partial charge is 0.194 e.